The first kappa shape index (κ1) is 15.0. The van der Waals surface area contributed by atoms with Crippen molar-refractivity contribution < 1.29 is 14.3 Å². The summed E-state index contributed by atoms with van der Waals surface area (Å²) in [5.41, 5.74) is 0.136. The second-order valence-electron chi connectivity index (χ2n) is 5.78. The number of aliphatic carboxylic acids is 1. The highest BCUT2D eigenvalue weighted by Gasteiger charge is 2.55. The van der Waals surface area contributed by atoms with Gasteiger partial charge in [-0.1, -0.05) is 37.3 Å². The highest BCUT2D eigenvalue weighted by molar-refractivity contribution is 5.76. The van der Waals surface area contributed by atoms with E-state index in [-0.39, 0.29) is 6.04 Å². The van der Waals surface area contributed by atoms with Gasteiger partial charge in [-0.15, -0.1) is 0 Å². The van der Waals surface area contributed by atoms with Crippen molar-refractivity contribution in [3.8, 4) is 0 Å². The number of halogens is 1. The number of rotatable bonds is 5. The van der Waals surface area contributed by atoms with Crippen molar-refractivity contribution in [2.75, 3.05) is 13.2 Å². The molecule has 0 aromatic heterocycles. The van der Waals surface area contributed by atoms with Crippen LogP contribution in [0.2, 0.25) is 0 Å². The Morgan fingerprint density at radius 3 is 2.60 bits per heavy atom. The number of nitrogens with zero attached hydrogens (tertiary/aromatic N) is 1. The number of carboxylic acid groups (broad SMARTS) is 1. The fourth-order valence-corrected chi connectivity index (χ4v) is 3.45. The van der Waals surface area contributed by atoms with Crippen molar-refractivity contribution in [2.45, 2.75) is 32.9 Å². The highest BCUT2D eigenvalue weighted by atomic mass is 19.1. The third-order valence-corrected chi connectivity index (χ3v) is 4.70. The van der Waals surface area contributed by atoms with Gasteiger partial charge in [0.1, 0.15) is 0 Å². The summed E-state index contributed by atoms with van der Waals surface area (Å²) < 4.78 is 13.3. The van der Waals surface area contributed by atoms with Crippen LogP contribution in [0.5, 0.6) is 0 Å². The Morgan fingerprint density at radius 2 is 2.10 bits per heavy atom. The Balaban J connectivity index is 2.25. The van der Waals surface area contributed by atoms with E-state index in [0.29, 0.717) is 19.5 Å². The summed E-state index contributed by atoms with van der Waals surface area (Å²) in [6, 6.07) is 9.81. The Morgan fingerprint density at radius 1 is 1.45 bits per heavy atom. The molecule has 1 fully saturated rings. The Labute approximate surface area is 119 Å². The summed E-state index contributed by atoms with van der Waals surface area (Å²) in [7, 11) is 0. The maximum Gasteiger partial charge on any atom is 0.311 e. The number of hydrogen-bond acceptors (Lipinski definition) is 2. The van der Waals surface area contributed by atoms with Crippen LogP contribution in [0.15, 0.2) is 30.3 Å². The maximum atomic E-state index is 13.3. The molecule has 2 rings (SSSR count). The van der Waals surface area contributed by atoms with Gasteiger partial charge in [0.25, 0.3) is 0 Å². The van der Waals surface area contributed by atoms with E-state index in [0.717, 1.165) is 5.56 Å². The normalized spacial score (nSPS) is 30.6. The predicted molar refractivity (Wildman–Crippen MR) is 76.1 cm³/mol. The van der Waals surface area contributed by atoms with Gasteiger partial charge in [-0.2, -0.15) is 0 Å². The summed E-state index contributed by atoms with van der Waals surface area (Å²) in [5.74, 6) is -1.32. The first-order chi connectivity index (χ1) is 9.53. The lowest BCUT2D eigenvalue weighted by Gasteiger charge is -2.33. The van der Waals surface area contributed by atoms with Gasteiger partial charge in [0.05, 0.1) is 12.1 Å². The van der Waals surface area contributed by atoms with Crippen LogP contribution in [0.3, 0.4) is 0 Å². The third kappa shape index (κ3) is 2.44. The van der Waals surface area contributed by atoms with E-state index < -0.39 is 24.0 Å². The van der Waals surface area contributed by atoms with Gasteiger partial charge in [0.15, 0.2) is 0 Å². The molecule has 1 aliphatic heterocycles. The lowest BCUT2D eigenvalue weighted by Crippen LogP contribution is -2.44. The van der Waals surface area contributed by atoms with E-state index in [1.807, 2.05) is 37.3 Å². The van der Waals surface area contributed by atoms with Gasteiger partial charge in [-0.3, -0.25) is 14.1 Å². The highest BCUT2D eigenvalue weighted by Crippen LogP contribution is 2.44. The van der Waals surface area contributed by atoms with E-state index in [2.05, 4.69) is 4.90 Å². The van der Waals surface area contributed by atoms with Gasteiger partial charge < -0.3 is 5.11 Å². The SMILES string of the molecule is CCC1N(Cc2ccccc2)C[C@H](CF)[C@@]1(C)C(=O)O. The Kier molecular flexibility index (Phi) is 4.43. The molecule has 0 spiro atoms. The molecule has 1 aliphatic rings. The summed E-state index contributed by atoms with van der Waals surface area (Å²) in [4.78, 5) is 13.8. The molecule has 1 aromatic carbocycles. The molecule has 3 atom stereocenters. The van der Waals surface area contributed by atoms with Crippen LogP contribution in [0.4, 0.5) is 4.39 Å². The van der Waals surface area contributed by atoms with Crippen LogP contribution in [0, 0.1) is 11.3 Å². The monoisotopic (exact) mass is 279 g/mol. The van der Waals surface area contributed by atoms with E-state index in [1.54, 1.807) is 6.92 Å². The zero-order chi connectivity index (χ0) is 14.8. The Bertz CT molecular complexity index is 465. The number of benzene rings is 1. The molecule has 1 unspecified atom stereocenters. The third-order valence-electron chi connectivity index (χ3n) is 4.70. The molecular weight excluding hydrogens is 257 g/mol. The first-order valence-corrected chi connectivity index (χ1v) is 7.11. The van der Waals surface area contributed by atoms with Crippen LogP contribution >= 0.6 is 0 Å². The lowest BCUT2D eigenvalue weighted by atomic mass is 9.74. The van der Waals surface area contributed by atoms with Gasteiger partial charge in [-0.05, 0) is 18.9 Å². The molecule has 3 nitrogen and oxygen atoms in total. The molecule has 1 aromatic rings. The largest absolute Gasteiger partial charge is 0.481 e. The van der Waals surface area contributed by atoms with Crippen molar-refractivity contribution in [1.29, 1.82) is 0 Å². The van der Waals surface area contributed by atoms with Crippen LogP contribution in [0.1, 0.15) is 25.8 Å². The number of carbonyl (C=O) groups is 1. The summed E-state index contributed by atoms with van der Waals surface area (Å²) in [6.07, 6.45) is 0.714. The molecule has 0 bridgehead atoms. The molecule has 20 heavy (non-hydrogen) atoms. The number of hydrogen-bond donors (Lipinski definition) is 1. The standard InChI is InChI=1S/C16H22FNO2/c1-3-14-16(2,15(19)20)13(9-17)11-18(14)10-12-7-5-4-6-8-12/h4-8,13-14H,3,9-11H2,1-2H3,(H,19,20)/t13-,14?,16+/m0/s1. The molecule has 110 valence electrons. The smallest absolute Gasteiger partial charge is 0.311 e. The second-order valence-corrected chi connectivity index (χ2v) is 5.78. The number of carboxylic acids is 1. The maximum absolute atomic E-state index is 13.3. The van der Waals surface area contributed by atoms with Gasteiger partial charge in [0.2, 0.25) is 0 Å². The summed E-state index contributed by atoms with van der Waals surface area (Å²) >= 11 is 0. The van der Waals surface area contributed by atoms with Crippen molar-refractivity contribution >= 4 is 5.97 Å². The molecule has 0 amide bonds. The molecule has 1 heterocycles. The van der Waals surface area contributed by atoms with Crippen LogP contribution in [-0.4, -0.2) is 35.2 Å². The quantitative estimate of drug-likeness (QED) is 0.901. The predicted octanol–water partition coefficient (Wildman–Crippen LogP) is 2.96. The molecule has 0 saturated carbocycles. The molecule has 0 radical (unpaired) electrons. The Hall–Kier alpha value is -1.42. The zero-order valence-electron chi connectivity index (χ0n) is 12.1. The van der Waals surface area contributed by atoms with Crippen LogP contribution in [0.25, 0.3) is 0 Å². The average molecular weight is 279 g/mol. The number of alkyl halides is 1. The summed E-state index contributed by atoms with van der Waals surface area (Å²) in [5, 5.41) is 9.57. The van der Waals surface area contributed by atoms with Crippen LogP contribution < -0.4 is 0 Å². The van der Waals surface area contributed by atoms with Gasteiger partial charge in [0, 0.05) is 25.0 Å². The fourth-order valence-electron chi connectivity index (χ4n) is 3.45. The summed E-state index contributed by atoms with van der Waals surface area (Å²) in [6.45, 7) is 4.28. The topological polar surface area (TPSA) is 40.5 Å². The van der Waals surface area contributed by atoms with E-state index >= 15 is 0 Å². The zero-order valence-corrected chi connectivity index (χ0v) is 12.1. The molecule has 0 aliphatic carbocycles. The molecule has 1 saturated heterocycles. The lowest BCUT2D eigenvalue weighted by molar-refractivity contribution is -0.152. The molecular formula is C16H22FNO2. The van der Waals surface area contributed by atoms with Crippen molar-refractivity contribution in [3.63, 3.8) is 0 Å². The van der Waals surface area contributed by atoms with E-state index in [4.69, 9.17) is 0 Å². The minimum absolute atomic E-state index is 0.124. The molecule has 1 N–H and O–H groups in total. The average Bonchev–Trinajstić information content (AvgIpc) is 2.72. The van der Waals surface area contributed by atoms with Crippen LogP contribution in [-0.2, 0) is 11.3 Å². The van der Waals surface area contributed by atoms with Gasteiger partial charge in [-0.25, -0.2) is 0 Å². The second kappa shape index (κ2) is 5.92. The van der Waals surface area contributed by atoms with Crippen molar-refractivity contribution in [3.05, 3.63) is 35.9 Å². The van der Waals surface area contributed by atoms with E-state index in [1.165, 1.54) is 0 Å². The fraction of sp³-hybridized carbons (Fsp3) is 0.562. The number of likely N-dealkylation sites (tertiary alicyclic amines) is 1. The van der Waals surface area contributed by atoms with Gasteiger partial charge >= 0.3 is 5.97 Å². The molecule has 4 heteroatoms. The van der Waals surface area contributed by atoms with E-state index in [9.17, 15) is 14.3 Å². The first-order valence-electron chi connectivity index (χ1n) is 7.11. The van der Waals surface area contributed by atoms with Crippen molar-refractivity contribution in [1.82, 2.24) is 4.90 Å². The minimum Gasteiger partial charge on any atom is -0.481 e. The minimum atomic E-state index is -1.00. The van der Waals surface area contributed by atoms with Crippen molar-refractivity contribution in [2.24, 2.45) is 11.3 Å².